The molecule has 3 aromatic rings. The highest BCUT2D eigenvalue weighted by atomic mass is 16.6. The number of ether oxygens (including phenoxy) is 3. The Morgan fingerprint density at radius 2 is 1.84 bits per heavy atom. The van der Waals surface area contributed by atoms with Crippen molar-refractivity contribution in [2.75, 3.05) is 26.4 Å². The number of hydrogen-bond donors (Lipinski definition) is 0. The van der Waals surface area contributed by atoms with Gasteiger partial charge in [-0.2, -0.15) is 0 Å². The van der Waals surface area contributed by atoms with Crippen LogP contribution in [0.15, 0.2) is 45.6 Å². The first-order valence-electron chi connectivity index (χ1n) is 10.3. The van der Waals surface area contributed by atoms with Gasteiger partial charge in [0.2, 0.25) is 0 Å². The van der Waals surface area contributed by atoms with Gasteiger partial charge in [0.15, 0.2) is 18.1 Å². The number of aryl methyl sites for hydroxylation is 2. The van der Waals surface area contributed by atoms with Gasteiger partial charge in [-0.3, -0.25) is 4.79 Å². The van der Waals surface area contributed by atoms with Crippen molar-refractivity contribution in [3.05, 3.63) is 63.5 Å². The predicted octanol–water partition coefficient (Wildman–Crippen LogP) is 3.61. The Morgan fingerprint density at radius 3 is 2.61 bits per heavy atom. The molecule has 1 aliphatic heterocycles. The normalized spacial score (nSPS) is 12.6. The van der Waals surface area contributed by atoms with Gasteiger partial charge in [0, 0.05) is 30.1 Å². The minimum atomic E-state index is -0.405. The molecule has 1 aromatic heterocycles. The average molecular weight is 423 g/mol. The molecule has 0 aliphatic carbocycles. The van der Waals surface area contributed by atoms with Crippen LogP contribution in [0.4, 0.5) is 0 Å². The molecule has 0 saturated carbocycles. The van der Waals surface area contributed by atoms with Crippen molar-refractivity contribution in [1.29, 1.82) is 0 Å². The molecule has 2 aromatic carbocycles. The first-order chi connectivity index (χ1) is 15.0. The van der Waals surface area contributed by atoms with Crippen LogP contribution in [0, 0.1) is 13.8 Å². The highest BCUT2D eigenvalue weighted by Gasteiger charge is 2.17. The lowest BCUT2D eigenvalue weighted by molar-refractivity contribution is -0.133. The highest BCUT2D eigenvalue weighted by Crippen LogP contribution is 2.31. The Bertz CT molecular complexity index is 1180. The number of nitrogens with zero attached hydrogens (tertiary/aromatic N) is 1. The largest absolute Gasteiger partial charge is 0.486 e. The van der Waals surface area contributed by atoms with E-state index in [0.717, 1.165) is 22.3 Å². The van der Waals surface area contributed by atoms with E-state index >= 15 is 0 Å². The molecule has 0 bridgehead atoms. The Morgan fingerprint density at radius 1 is 1.06 bits per heavy atom. The van der Waals surface area contributed by atoms with Crippen LogP contribution in [0.2, 0.25) is 0 Å². The van der Waals surface area contributed by atoms with Crippen molar-refractivity contribution in [1.82, 2.24) is 4.90 Å². The summed E-state index contributed by atoms with van der Waals surface area (Å²) in [4.78, 5) is 26.3. The van der Waals surface area contributed by atoms with Crippen molar-refractivity contribution in [3.8, 4) is 17.2 Å². The van der Waals surface area contributed by atoms with E-state index in [0.29, 0.717) is 48.9 Å². The van der Waals surface area contributed by atoms with Gasteiger partial charge in [-0.1, -0.05) is 6.07 Å². The molecule has 0 N–H and O–H groups in total. The molecule has 7 heteroatoms. The molecule has 162 valence electrons. The SMILES string of the molecule is CCN(Cc1ccc2c(c1)OCCO2)C(=O)COc1ccc2c(C)cc(=O)oc2c1C. The summed E-state index contributed by atoms with van der Waals surface area (Å²) in [5, 5.41) is 0.851. The molecule has 0 spiro atoms. The number of carbonyl (C=O) groups is 1. The molecule has 0 unspecified atom stereocenters. The summed E-state index contributed by atoms with van der Waals surface area (Å²) in [7, 11) is 0. The zero-order valence-corrected chi connectivity index (χ0v) is 17.9. The number of benzene rings is 2. The van der Waals surface area contributed by atoms with Crippen molar-refractivity contribution in [3.63, 3.8) is 0 Å². The fourth-order valence-electron chi connectivity index (χ4n) is 3.67. The third-order valence-corrected chi connectivity index (χ3v) is 5.38. The summed E-state index contributed by atoms with van der Waals surface area (Å²) >= 11 is 0. The monoisotopic (exact) mass is 423 g/mol. The molecule has 7 nitrogen and oxygen atoms in total. The number of rotatable bonds is 6. The smallest absolute Gasteiger partial charge is 0.336 e. The molecule has 2 heterocycles. The Labute approximate surface area is 180 Å². The van der Waals surface area contributed by atoms with Crippen LogP contribution in [0.25, 0.3) is 11.0 Å². The maximum Gasteiger partial charge on any atom is 0.336 e. The molecule has 0 radical (unpaired) electrons. The van der Waals surface area contributed by atoms with Gasteiger partial charge in [0.1, 0.15) is 24.5 Å². The summed E-state index contributed by atoms with van der Waals surface area (Å²) in [5.74, 6) is 1.81. The third kappa shape index (κ3) is 4.35. The maximum absolute atomic E-state index is 12.8. The lowest BCUT2D eigenvalue weighted by Crippen LogP contribution is -2.34. The first-order valence-corrected chi connectivity index (χ1v) is 10.3. The van der Waals surface area contributed by atoms with E-state index in [9.17, 15) is 9.59 Å². The van der Waals surface area contributed by atoms with Gasteiger partial charge in [-0.05, 0) is 56.2 Å². The minimum absolute atomic E-state index is 0.110. The molecule has 1 aliphatic rings. The summed E-state index contributed by atoms with van der Waals surface area (Å²) < 4.78 is 22.3. The molecule has 1 amide bonds. The maximum atomic E-state index is 12.8. The second-order valence-electron chi connectivity index (χ2n) is 7.49. The molecule has 4 rings (SSSR count). The zero-order chi connectivity index (χ0) is 22.0. The second-order valence-corrected chi connectivity index (χ2v) is 7.49. The minimum Gasteiger partial charge on any atom is -0.486 e. The van der Waals surface area contributed by atoms with Crippen molar-refractivity contribution in [2.45, 2.75) is 27.3 Å². The van der Waals surface area contributed by atoms with Gasteiger partial charge in [0.05, 0.1) is 0 Å². The van der Waals surface area contributed by atoms with Gasteiger partial charge in [-0.25, -0.2) is 4.79 Å². The summed E-state index contributed by atoms with van der Waals surface area (Å²) in [6.07, 6.45) is 0. The van der Waals surface area contributed by atoms with Crippen molar-refractivity contribution < 1.29 is 23.4 Å². The second kappa shape index (κ2) is 8.71. The van der Waals surface area contributed by atoms with E-state index in [1.165, 1.54) is 6.07 Å². The van der Waals surface area contributed by atoms with Crippen LogP contribution in [-0.4, -0.2) is 37.2 Å². The molecular weight excluding hydrogens is 398 g/mol. The number of hydrogen-bond acceptors (Lipinski definition) is 6. The molecule has 31 heavy (non-hydrogen) atoms. The van der Waals surface area contributed by atoms with Crippen LogP contribution in [-0.2, 0) is 11.3 Å². The van der Waals surface area contributed by atoms with E-state index in [-0.39, 0.29) is 12.5 Å². The van der Waals surface area contributed by atoms with Crippen LogP contribution in [0.1, 0.15) is 23.6 Å². The molecule has 0 atom stereocenters. The zero-order valence-electron chi connectivity index (χ0n) is 17.9. The first kappa shape index (κ1) is 20.8. The summed E-state index contributed by atoms with van der Waals surface area (Å²) in [6, 6.07) is 10.8. The van der Waals surface area contributed by atoms with E-state index in [1.54, 1.807) is 11.0 Å². The molecule has 0 fully saturated rings. The van der Waals surface area contributed by atoms with E-state index in [1.807, 2.05) is 45.0 Å². The molecular formula is C24H25NO6. The fraction of sp³-hybridized carbons (Fsp3) is 0.333. The van der Waals surface area contributed by atoms with Crippen LogP contribution < -0.4 is 19.8 Å². The topological polar surface area (TPSA) is 78.2 Å². The van der Waals surface area contributed by atoms with Gasteiger partial charge in [0.25, 0.3) is 5.91 Å². The lowest BCUT2D eigenvalue weighted by Gasteiger charge is -2.23. The van der Waals surface area contributed by atoms with Gasteiger partial charge in [-0.15, -0.1) is 0 Å². The number of likely N-dealkylation sites (N-methyl/N-ethyl adjacent to an activating group) is 1. The van der Waals surface area contributed by atoms with E-state index in [2.05, 4.69) is 0 Å². The number of carbonyl (C=O) groups excluding carboxylic acids is 1. The fourth-order valence-corrected chi connectivity index (χ4v) is 3.67. The van der Waals surface area contributed by atoms with Crippen molar-refractivity contribution >= 4 is 16.9 Å². The lowest BCUT2D eigenvalue weighted by atomic mass is 10.1. The van der Waals surface area contributed by atoms with E-state index < -0.39 is 5.63 Å². The van der Waals surface area contributed by atoms with Crippen molar-refractivity contribution in [2.24, 2.45) is 0 Å². The van der Waals surface area contributed by atoms with Gasteiger partial charge < -0.3 is 23.5 Å². The third-order valence-electron chi connectivity index (χ3n) is 5.38. The average Bonchev–Trinajstić information content (AvgIpc) is 2.77. The summed E-state index contributed by atoms with van der Waals surface area (Å²) in [6.45, 7) is 7.54. The summed E-state index contributed by atoms with van der Waals surface area (Å²) in [5.41, 5.74) is 2.57. The molecule has 0 saturated heterocycles. The van der Waals surface area contributed by atoms with Crippen LogP contribution in [0.5, 0.6) is 17.2 Å². The van der Waals surface area contributed by atoms with Gasteiger partial charge >= 0.3 is 5.63 Å². The number of amides is 1. The number of fused-ring (bicyclic) bond motifs is 2. The Hall–Kier alpha value is -3.48. The Balaban J connectivity index is 1.46. The van der Waals surface area contributed by atoms with Crippen LogP contribution >= 0.6 is 0 Å². The Kier molecular flexibility index (Phi) is 5.84. The predicted molar refractivity (Wildman–Crippen MR) is 116 cm³/mol. The quantitative estimate of drug-likeness (QED) is 0.564. The van der Waals surface area contributed by atoms with E-state index in [4.69, 9.17) is 18.6 Å². The highest BCUT2D eigenvalue weighted by molar-refractivity contribution is 5.85. The van der Waals surface area contributed by atoms with Crippen LogP contribution in [0.3, 0.4) is 0 Å². The standard InChI is InChI=1S/C24H25NO6/c1-4-25(13-17-5-7-20-21(12-17)29-10-9-28-20)22(26)14-30-19-8-6-18-15(2)11-23(27)31-24(18)16(19)3/h5-8,11-12H,4,9-10,13-14H2,1-3H3.